The quantitative estimate of drug-likeness (QED) is 0.690. The number of hydrogen-bond acceptors (Lipinski definition) is 3. The Kier molecular flexibility index (Phi) is 4.34. The van der Waals surface area contributed by atoms with Gasteiger partial charge >= 0.3 is 0 Å². The molecule has 1 aromatic rings. The summed E-state index contributed by atoms with van der Waals surface area (Å²) in [7, 11) is 0. The number of nitrogens with one attached hydrogen (secondary N) is 3. The number of amides is 3. The number of carbonyl (C=O) groups is 3. The lowest BCUT2D eigenvalue weighted by atomic mass is 10.1. The van der Waals surface area contributed by atoms with Crippen LogP contribution < -0.4 is 16.2 Å². The summed E-state index contributed by atoms with van der Waals surface area (Å²) in [6.45, 7) is 1.64. The van der Waals surface area contributed by atoms with Gasteiger partial charge in [0.15, 0.2) is 0 Å². The molecule has 1 aromatic carbocycles. The van der Waals surface area contributed by atoms with E-state index in [1.807, 2.05) is 19.1 Å². The molecule has 6 heteroatoms. The van der Waals surface area contributed by atoms with E-state index in [9.17, 15) is 14.4 Å². The van der Waals surface area contributed by atoms with Crippen molar-refractivity contribution in [3.8, 4) is 0 Å². The molecule has 0 heterocycles. The maximum absolute atomic E-state index is 11.8. The molecular weight excluding hydrogens is 258 g/mol. The summed E-state index contributed by atoms with van der Waals surface area (Å²) < 4.78 is 0. The monoisotopic (exact) mass is 275 g/mol. The van der Waals surface area contributed by atoms with E-state index in [0.29, 0.717) is 5.56 Å². The van der Waals surface area contributed by atoms with Gasteiger partial charge in [0.25, 0.3) is 11.8 Å². The van der Waals surface area contributed by atoms with Gasteiger partial charge in [-0.3, -0.25) is 25.2 Å². The topological polar surface area (TPSA) is 87.3 Å². The van der Waals surface area contributed by atoms with E-state index in [4.69, 9.17) is 0 Å². The third kappa shape index (κ3) is 3.81. The third-order valence-electron chi connectivity index (χ3n) is 3.07. The fraction of sp³-hybridized carbons (Fsp3) is 0.357. The van der Waals surface area contributed by atoms with Gasteiger partial charge in [0.1, 0.15) is 0 Å². The molecule has 2 rings (SSSR count). The highest BCUT2D eigenvalue weighted by Gasteiger charge is 2.29. The molecular formula is C14H17N3O3. The second-order valence-electron chi connectivity index (χ2n) is 4.81. The van der Waals surface area contributed by atoms with E-state index in [1.165, 1.54) is 0 Å². The number of carbonyl (C=O) groups excluding carboxylic acids is 3. The Morgan fingerprint density at radius 2 is 1.85 bits per heavy atom. The van der Waals surface area contributed by atoms with Gasteiger partial charge in [-0.1, -0.05) is 18.2 Å². The molecule has 0 aromatic heterocycles. The van der Waals surface area contributed by atoms with Crippen LogP contribution in [0.15, 0.2) is 24.3 Å². The smallest absolute Gasteiger partial charge is 0.257 e. The van der Waals surface area contributed by atoms with Crippen LogP contribution in [0.2, 0.25) is 0 Å². The van der Waals surface area contributed by atoms with Gasteiger partial charge in [0.05, 0.1) is 6.54 Å². The predicted molar refractivity (Wildman–Crippen MR) is 72.5 cm³/mol. The molecule has 0 bridgehead atoms. The molecule has 1 fully saturated rings. The average molecular weight is 275 g/mol. The van der Waals surface area contributed by atoms with Crippen LogP contribution in [-0.2, 0) is 9.59 Å². The number of rotatable bonds is 4. The van der Waals surface area contributed by atoms with Gasteiger partial charge in [-0.2, -0.15) is 0 Å². The van der Waals surface area contributed by atoms with Crippen LogP contribution in [0.4, 0.5) is 0 Å². The summed E-state index contributed by atoms with van der Waals surface area (Å²) in [5.74, 6) is -0.923. The highest BCUT2D eigenvalue weighted by atomic mass is 16.2. The van der Waals surface area contributed by atoms with Gasteiger partial charge in [-0.25, -0.2) is 0 Å². The molecule has 106 valence electrons. The van der Waals surface area contributed by atoms with Gasteiger partial charge in [-0.15, -0.1) is 0 Å². The highest BCUT2D eigenvalue weighted by molar-refractivity contribution is 5.97. The second kappa shape index (κ2) is 6.18. The van der Waals surface area contributed by atoms with Crippen molar-refractivity contribution in [2.24, 2.45) is 5.92 Å². The van der Waals surface area contributed by atoms with Crippen LogP contribution in [0.5, 0.6) is 0 Å². The number of hydrazine groups is 1. The molecule has 0 saturated heterocycles. The summed E-state index contributed by atoms with van der Waals surface area (Å²) in [6.07, 6.45) is 1.73. The summed E-state index contributed by atoms with van der Waals surface area (Å²) in [5, 5.41) is 2.51. The standard InChI is InChI=1S/C14H17N3O3/c1-9-4-2-3-5-11(9)14(20)15-8-12(18)16-17-13(19)10-6-7-10/h2-5,10H,6-8H2,1H3,(H,15,20)(H,16,18)(H,17,19). The Hall–Kier alpha value is -2.37. The van der Waals surface area contributed by atoms with Crippen LogP contribution >= 0.6 is 0 Å². The Morgan fingerprint density at radius 3 is 2.50 bits per heavy atom. The summed E-state index contributed by atoms with van der Waals surface area (Å²) in [4.78, 5) is 34.6. The lowest BCUT2D eigenvalue weighted by Gasteiger charge is -2.09. The van der Waals surface area contributed by atoms with Crippen molar-refractivity contribution in [3.05, 3.63) is 35.4 Å². The first-order chi connectivity index (χ1) is 9.58. The Morgan fingerprint density at radius 1 is 1.15 bits per heavy atom. The largest absolute Gasteiger partial charge is 0.343 e. The van der Waals surface area contributed by atoms with Crippen LogP contribution in [-0.4, -0.2) is 24.3 Å². The Balaban J connectivity index is 1.74. The molecule has 0 spiro atoms. The summed E-state index contributed by atoms with van der Waals surface area (Å²) in [5.41, 5.74) is 5.97. The first-order valence-corrected chi connectivity index (χ1v) is 6.50. The van der Waals surface area contributed by atoms with E-state index < -0.39 is 5.91 Å². The van der Waals surface area contributed by atoms with Gasteiger partial charge in [-0.05, 0) is 31.4 Å². The van der Waals surface area contributed by atoms with Crippen molar-refractivity contribution >= 4 is 17.7 Å². The minimum absolute atomic E-state index is 0.0249. The first-order valence-electron chi connectivity index (χ1n) is 6.50. The SMILES string of the molecule is Cc1ccccc1C(=O)NCC(=O)NNC(=O)C1CC1. The number of aryl methyl sites for hydroxylation is 1. The van der Waals surface area contributed by atoms with Crippen molar-refractivity contribution in [2.45, 2.75) is 19.8 Å². The lowest BCUT2D eigenvalue weighted by molar-refractivity contribution is -0.129. The van der Waals surface area contributed by atoms with E-state index in [-0.39, 0.29) is 24.3 Å². The molecule has 0 aliphatic heterocycles. The molecule has 3 N–H and O–H groups in total. The molecule has 3 amide bonds. The molecule has 1 aliphatic carbocycles. The normalized spacial score (nSPS) is 13.4. The molecule has 1 saturated carbocycles. The zero-order chi connectivity index (χ0) is 14.5. The van der Waals surface area contributed by atoms with Crippen molar-refractivity contribution in [1.29, 1.82) is 0 Å². The van der Waals surface area contributed by atoms with E-state index in [2.05, 4.69) is 16.2 Å². The lowest BCUT2D eigenvalue weighted by Crippen LogP contribution is -2.46. The second-order valence-corrected chi connectivity index (χ2v) is 4.81. The summed E-state index contributed by atoms with van der Waals surface area (Å²) in [6, 6.07) is 7.12. The minimum atomic E-state index is -0.457. The van der Waals surface area contributed by atoms with E-state index in [0.717, 1.165) is 18.4 Å². The van der Waals surface area contributed by atoms with Crippen molar-refractivity contribution < 1.29 is 14.4 Å². The fourth-order valence-corrected chi connectivity index (χ4v) is 1.71. The Bertz CT molecular complexity index is 538. The summed E-state index contributed by atoms with van der Waals surface area (Å²) >= 11 is 0. The maximum atomic E-state index is 11.8. The van der Waals surface area contributed by atoms with Crippen LogP contribution in [0.1, 0.15) is 28.8 Å². The van der Waals surface area contributed by atoms with Gasteiger partial charge < -0.3 is 5.32 Å². The molecule has 1 aliphatic rings. The molecule has 0 radical (unpaired) electrons. The zero-order valence-electron chi connectivity index (χ0n) is 11.2. The number of hydrogen-bond donors (Lipinski definition) is 3. The minimum Gasteiger partial charge on any atom is -0.343 e. The maximum Gasteiger partial charge on any atom is 0.257 e. The molecule has 0 unspecified atom stereocenters. The van der Waals surface area contributed by atoms with Crippen LogP contribution in [0, 0.1) is 12.8 Å². The van der Waals surface area contributed by atoms with Crippen molar-refractivity contribution in [3.63, 3.8) is 0 Å². The Labute approximate surface area is 116 Å². The number of benzene rings is 1. The van der Waals surface area contributed by atoms with Crippen molar-refractivity contribution in [2.75, 3.05) is 6.54 Å². The third-order valence-corrected chi connectivity index (χ3v) is 3.07. The fourth-order valence-electron chi connectivity index (χ4n) is 1.71. The predicted octanol–water partition coefficient (Wildman–Crippen LogP) is 0.282. The van der Waals surface area contributed by atoms with E-state index >= 15 is 0 Å². The van der Waals surface area contributed by atoms with Gasteiger partial charge in [0.2, 0.25) is 5.91 Å². The first kappa shape index (κ1) is 14.0. The van der Waals surface area contributed by atoms with Crippen LogP contribution in [0.25, 0.3) is 0 Å². The van der Waals surface area contributed by atoms with Crippen molar-refractivity contribution in [1.82, 2.24) is 16.2 Å². The van der Waals surface area contributed by atoms with Crippen LogP contribution in [0.3, 0.4) is 0 Å². The molecule has 0 atom stereocenters. The van der Waals surface area contributed by atoms with E-state index in [1.54, 1.807) is 12.1 Å². The zero-order valence-corrected chi connectivity index (χ0v) is 11.2. The van der Waals surface area contributed by atoms with Gasteiger partial charge in [0, 0.05) is 11.5 Å². The molecule has 6 nitrogen and oxygen atoms in total. The molecule has 20 heavy (non-hydrogen) atoms. The highest BCUT2D eigenvalue weighted by Crippen LogP contribution is 2.28. The average Bonchev–Trinajstić information content (AvgIpc) is 3.27.